The van der Waals surface area contributed by atoms with Gasteiger partial charge in [0.15, 0.2) is 0 Å². The summed E-state index contributed by atoms with van der Waals surface area (Å²) in [4.78, 5) is 38.6. The molecule has 2 amide bonds. The second-order valence-electron chi connectivity index (χ2n) is 9.62. The molecule has 0 radical (unpaired) electrons. The third-order valence-corrected chi connectivity index (χ3v) is 5.01. The number of carbonyl (C=O) groups excluding carboxylic acids is 3. The van der Waals surface area contributed by atoms with E-state index in [9.17, 15) is 14.4 Å². The van der Waals surface area contributed by atoms with Gasteiger partial charge < -0.3 is 20.7 Å². The maximum Gasteiger partial charge on any atom is 0.329 e. The quantitative estimate of drug-likeness (QED) is 0.522. The van der Waals surface area contributed by atoms with Crippen molar-refractivity contribution in [1.82, 2.24) is 16.0 Å². The average Bonchev–Trinajstić information content (AvgIpc) is 3.21. The fourth-order valence-electron chi connectivity index (χ4n) is 3.57. The van der Waals surface area contributed by atoms with E-state index in [1.54, 1.807) is 20.8 Å². The normalized spacial score (nSPS) is 18.3. The molecular weight excluding hydrogens is 394 g/mol. The smallest absolute Gasteiger partial charge is 0.329 e. The summed E-state index contributed by atoms with van der Waals surface area (Å²) >= 11 is 0. The number of esters is 1. The molecule has 1 aromatic carbocycles. The lowest BCUT2D eigenvalue weighted by Crippen LogP contribution is -2.55. The molecule has 3 N–H and O–H groups in total. The first kappa shape index (κ1) is 24.9. The zero-order chi connectivity index (χ0) is 23.0. The molecule has 0 saturated carbocycles. The number of benzene rings is 1. The van der Waals surface area contributed by atoms with Gasteiger partial charge in [-0.2, -0.15) is 0 Å². The van der Waals surface area contributed by atoms with Crippen LogP contribution in [0.5, 0.6) is 0 Å². The van der Waals surface area contributed by atoms with Crippen LogP contribution in [0, 0.1) is 5.92 Å². The number of rotatable bonds is 9. The second-order valence-corrected chi connectivity index (χ2v) is 9.62. The van der Waals surface area contributed by atoms with Crippen molar-refractivity contribution < 1.29 is 19.1 Å². The Morgan fingerprint density at radius 1 is 1.10 bits per heavy atom. The lowest BCUT2D eigenvalue weighted by atomic mass is 10.0. The Balaban J connectivity index is 2.15. The van der Waals surface area contributed by atoms with E-state index in [1.165, 1.54) is 0 Å². The minimum absolute atomic E-state index is 0.183. The van der Waals surface area contributed by atoms with Crippen LogP contribution in [0.2, 0.25) is 0 Å². The Morgan fingerprint density at radius 2 is 1.77 bits per heavy atom. The van der Waals surface area contributed by atoms with Crippen molar-refractivity contribution in [3.05, 3.63) is 35.9 Å². The molecule has 2 rings (SSSR count). The predicted molar refractivity (Wildman–Crippen MR) is 120 cm³/mol. The van der Waals surface area contributed by atoms with Crippen molar-refractivity contribution >= 4 is 17.8 Å². The van der Waals surface area contributed by atoms with E-state index in [4.69, 9.17) is 4.74 Å². The summed E-state index contributed by atoms with van der Waals surface area (Å²) in [5.41, 5.74) is 0.281. The number of carbonyl (C=O) groups is 3. The van der Waals surface area contributed by atoms with Crippen LogP contribution >= 0.6 is 0 Å². The fourth-order valence-corrected chi connectivity index (χ4v) is 3.57. The van der Waals surface area contributed by atoms with Crippen LogP contribution in [0.1, 0.15) is 59.4 Å². The third-order valence-electron chi connectivity index (χ3n) is 5.01. The lowest BCUT2D eigenvalue weighted by molar-refractivity contribution is -0.159. The van der Waals surface area contributed by atoms with Gasteiger partial charge in [0.05, 0.1) is 6.04 Å². The first-order chi connectivity index (χ1) is 14.5. The van der Waals surface area contributed by atoms with Crippen LogP contribution in [0.25, 0.3) is 0 Å². The van der Waals surface area contributed by atoms with Crippen molar-refractivity contribution in [2.24, 2.45) is 5.92 Å². The van der Waals surface area contributed by atoms with E-state index >= 15 is 0 Å². The highest BCUT2D eigenvalue weighted by atomic mass is 16.6. The van der Waals surface area contributed by atoms with Gasteiger partial charge in [0.2, 0.25) is 11.8 Å². The van der Waals surface area contributed by atoms with Crippen LogP contribution in [0.15, 0.2) is 30.3 Å². The first-order valence-corrected chi connectivity index (χ1v) is 11.2. The SMILES string of the molecule is CC(C)C[C@@H](NC(=O)[C@H](Cc1ccccc1)NC(=O)[C@@H]1CCCN1)C(=O)OC(C)(C)C. The average molecular weight is 432 g/mol. The third kappa shape index (κ3) is 8.69. The summed E-state index contributed by atoms with van der Waals surface area (Å²) in [6.07, 6.45) is 2.48. The first-order valence-electron chi connectivity index (χ1n) is 11.2. The fraction of sp³-hybridized carbons (Fsp3) is 0.625. The number of hydrogen-bond donors (Lipinski definition) is 3. The van der Waals surface area contributed by atoms with Crippen LogP contribution in [0.4, 0.5) is 0 Å². The summed E-state index contributed by atoms with van der Waals surface area (Å²) in [6, 6.07) is 7.68. The minimum atomic E-state index is -0.783. The molecule has 1 aromatic rings. The van der Waals surface area contributed by atoms with Crippen LogP contribution < -0.4 is 16.0 Å². The Labute approximate surface area is 185 Å². The summed E-state index contributed by atoms with van der Waals surface area (Å²) in [5, 5.41) is 8.88. The highest BCUT2D eigenvalue weighted by Crippen LogP contribution is 2.14. The molecule has 1 aliphatic rings. The van der Waals surface area contributed by atoms with Gasteiger partial charge >= 0.3 is 5.97 Å². The molecule has 31 heavy (non-hydrogen) atoms. The standard InChI is InChI=1S/C24H37N3O4/c1-16(2)14-20(23(30)31-24(3,4)5)27-22(29)19(15-17-10-7-6-8-11-17)26-21(28)18-12-9-13-25-18/h6-8,10-11,16,18-20,25H,9,12-15H2,1-5H3,(H,26,28)(H,27,29)/t18-,19-,20+/m0/s1. The molecular formula is C24H37N3O4. The van der Waals surface area contributed by atoms with Gasteiger partial charge in [0.1, 0.15) is 17.7 Å². The minimum Gasteiger partial charge on any atom is -0.458 e. The molecule has 0 bridgehead atoms. The van der Waals surface area contributed by atoms with Gasteiger partial charge in [0, 0.05) is 6.42 Å². The monoisotopic (exact) mass is 431 g/mol. The van der Waals surface area contributed by atoms with E-state index in [-0.39, 0.29) is 23.8 Å². The summed E-state index contributed by atoms with van der Waals surface area (Å²) in [6.45, 7) is 10.2. The second kappa shape index (κ2) is 11.3. The maximum absolute atomic E-state index is 13.2. The number of amides is 2. The molecule has 3 atom stereocenters. The van der Waals surface area contributed by atoms with E-state index in [1.807, 2.05) is 44.2 Å². The molecule has 0 unspecified atom stereocenters. The van der Waals surface area contributed by atoms with Gasteiger partial charge in [-0.05, 0) is 58.1 Å². The Morgan fingerprint density at radius 3 is 2.32 bits per heavy atom. The van der Waals surface area contributed by atoms with E-state index in [2.05, 4.69) is 16.0 Å². The van der Waals surface area contributed by atoms with E-state index in [0.29, 0.717) is 12.8 Å². The molecule has 1 fully saturated rings. The zero-order valence-electron chi connectivity index (χ0n) is 19.4. The van der Waals surface area contributed by atoms with Crippen molar-refractivity contribution in [2.45, 2.75) is 84.0 Å². The maximum atomic E-state index is 13.2. The van der Waals surface area contributed by atoms with E-state index < -0.39 is 23.7 Å². The molecule has 172 valence electrons. The van der Waals surface area contributed by atoms with Crippen molar-refractivity contribution in [1.29, 1.82) is 0 Å². The van der Waals surface area contributed by atoms with Crippen molar-refractivity contribution in [3.8, 4) is 0 Å². The summed E-state index contributed by atoms with van der Waals surface area (Å²) in [5.74, 6) is -0.850. The zero-order valence-corrected chi connectivity index (χ0v) is 19.4. The van der Waals surface area contributed by atoms with Gasteiger partial charge in [-0.1, -0.05) is 44.2 Å². The molecule has 0 aliphatic carbocycles. The van der Waals surface area contributed by atoms with Gasteiger partial charge in [-0.25, -0.2) is 4.79 Å². The Kier molecular flexibility index (Phi) is 9.04. The molecule has 0 aromatic heterocycles. The van der Waals surface area contributed by atoms with Crippen LogP contribution in [-0.4, -0.2) is 48.1 Å². The van der Waals surface area contributed by atoms with Crippen molar-refractivity contribution in [3.63, 3.8) is 0 Å². The number of nitrogens with one attached hydrogen (secondary N) is 3. The van der Waals surface area contributed by atoms with Gasteiger partial charge in [-0.15, -0.1) is 0 Å². The summed E-state index contributed by atoms with van der Waals surface area (Å²) < 4.78 is 5.51. The Hall–Kier alpha value is -2.41. The molecule has 7 nitrogen and oxygen atoms in total. The van der Waals surface area contributed by atoms with Gasteiger partial charge in [-0.3, -0.25) is 9.59 Å². The predicted octanol–water partition coefficient (Wildman–Crippen LogP) is 2.34. The molecule has 1 aliphatic heterocycles. The number of ether oxygens (including phenoxy) is 1. The number of hydrogen-bond acceptors (Lipinski definition) is 5. The highest BCUT2D eigenvalue weighted by molar-refractivity contribution is 5.92. The molecule has 0 spiro atoms. The van der Waals surface area contributed by atoms with E-state index in [0.717, 1.165) is 24.9 Å². The summed E-state index contributed by atoms with van der Waals surface area (Å²) in [7, 11) is 0. The van der Waals surface area contributed by atoms with Crippen molar-refractivity contribution in [2.75, 3.05) is 6.54 Å². The van der Waals surface area contributed by atoms with Gasteiger partial charge in [0.25, 0.3) is 0 Å². The lowest BCUT2D eigenvalue weighted by Gasteiger charge is -2.27. The largest absolute Gasteiger partial charge is 0.458 e. The topological polar surface area (TPSA) is 96.5 Å². The molecule has 1 heterocycles. The molecule has 1 saturated heterocycles. The Bertz CT molecular complexity index is 737. The highest BCUT2D eigenvalue weighted by Gasteiger charge is 2.32. The van der Waals surface area contributed by atoms with Crippen LogP contribution in [0.3, 0.4) is 0 Å². The molecule has 7 heteroatoms. The van der Waals surface area contributed by atoms with Crippen LogP contribution in [-0.2, 0) is 25.5 Å².